The van der Waals surface area contributed by atoms with E-state index in [1.165, 1.54) is 36.5 Å². The molecule has 4 heteroatoms. The lowest BCUT2D eigenvalue weighted by Crippen LogP contribution is -2.22. The van der Waals surface area contributed by atoms with Gasteiger partial charge >= 0.3 is 0 Å². The predicted molar refractivity (Wildman–Crippen MR) is 79.9 cm³/mol. The quantitative estimate of drug-likeness (QED) is 0.697. The fourth-order valence-electron chi connectivity index (χ4n) is 1.78. The van der Waals surface area contributed by atoms with Gasteiger partial charge in [0.2, 0.25) is 0 Å². The van der Waals surface area contributed by atoms with Crippen LogP contribution in [0.4, 0.5) is 0 Å². The summed E-state index contributed by atoms with van der Waals surface area (Å²) >= 11 is 1.76. The molecule has 1 rings (SSSR count). The highest BCUT2D eigenvalue weighted by Crippen LogP contribution is 2.11. The number of rotatable bonds is 9. The van der Waals surface area contributed by atoms with Crippen molar-refractivity contribution < 1.29 is 0 Å². The summed E-state index contributed by atoms with van der Waals surface area (Å²) in [5.74, 6) is 0. The van der Waals surface area contributed by atoms with Crippen LogP contribution in [0.5, 0.6) is 0 Å². The van der Waals surface area contributed by atoms with Gasteiger partial charge in [-0.05, 0) is 20.0 Å². The zero-order valence-electron chi connectivity index (χ0n) is 12.2. The normalized spacial score (nSPS) is 11.7. The molecule has 1 aromatic rings. The van der Waals surface area contributed by atoms with E-state index in [1.807, 2.05) is 0 Å². The maximum absolute atomic E-state index is 4.66. The molecular weight excluding hydrogens is 242 g/mol. The van der Waals surface area contributed by atoms with Gasteiger partial charge in [0.25, 0.3) is 0 Å². The smallest absolute Gasteiger partial charge is 0.107 e. The molecule has 0 aliphatic heterocycles. The fraction of sp³-hybridized carbons (Fsp3) is 0.786. The van der Waals surface area contributed by atoms with Crippen LogP contribution in [0.3, 0.4) is 0 Å². The molecule has 1 heterocycles. The van der Waals surface area contributed by atoms with E-state index in [0.29, 0.717) is 6.04 Å². The van der Waals surface area contributed by atoms with Gasteiger partial charge in [0.05, 0.1) is 5.69 Å². The maximum Gasteiger partial charge on any atom is 0.107 e. The Bertz CT molecular complexity index is 323. The zero-order valence-corrected chi connectivity index (χ0v) is 13.0. The molecule has 0 atom stereocenters. The van der Waals surface area contributed by atoms with Crippen LogP contribution in [0.2, 0.25) is 0 Å². The van der Waals surface area contributed by atoms with Crippen molar-refractivity contribution in [1.29, 1.82) is 0 Å². The lowest BCUT2D eigenvalue weighted by molar-refractivity contribution is 0.315. The van der Waals surface area contributed by atoms with Crippen molar-refractivity contribution in [2.75, 3.05) is 13.6 Å². The third-order valence-electron chi connectivity index (χ3n) is 2.84. The first kappa shape index (κ1) is 15.6. The Morgan fingerprint density at radius 3 is 2.83 bits per heavy atom. The van der Waals surface area contributed by atoms with Crippen LogP contribution in [-0.4, -0.2) is 29.5 Å². The summed E-state index contributed by atoms with van der Waals surface area (Å²) < 4.78 is 0. The van der Waals surface area contributed by atoms with Gasteiger partial charge in [-0.15, -0.1) is 11.3 Å². The fourth-order valence-corrected chi connectivity index (χ4v) is 2.52. The number of nitrogens with one attached hydrogen (secondary N) is 1. The predicted octanol–water partition coefficient (Wildman–Crippen LogP) is 3.26. The highest BCUT2D eigenvalue weighted by molar-refractivity contribution is 7.09. The number of thiazole rings is 1. The molecule has 104 valence electrons. The Morgan fingerprint density at radius 2 is 2.17 bits per heavy atom. The average Bonchev–Trinajstić information content (AvgIpc) is 2.74. The molecule has 0 spiro atoms. The molecule has 0 radical (unpaired) electrons. The molecule has 0 bridgehead atoms. The molecule has 3 nitrogen and oxygen atoms in total. The second kappa shape index (κ2) is 8.62. The highest BCUT2D eigenvalue weighted by Gasteiger charge is 2.05. The summed E-state index contributed by atoms with van der Waals surface area (Å²) in [5, 5.41) is 6.79. The van der Waals surface area contributed by atoms with Gasteiger partial charge in [0.15, 0.2) is 0 Å². The Morgan fingerprint density at radius 1 is 1.39 bits per heavy atom. The summed E-state index contributed by atoms with van der Waals surface area (Å²) in [5.41, 5.74) is 1.21. The summed E-state index contributed by atoms with van der Waals surface area (Å²) in [6.45, 7) is 9.61. The summed E-state index contributed by atoms with van der Waals surface area (Å²) in [4.78, 5) is 7.03. The molecule has 0 saturated heterocycles. The molecule has 0 amide bonds. The molecule has 0 fully saturated rings. The summed E-state index contributed by atoms with van der Waals surface area (Å²) in [6, 6.07) is 0.522. The third-order valence-corrected chi connectivity index (χ3v) is 3.73. The van der Waals surface area contributed by atoms with Crippen molar-refractivity contribution in [3.05, 3.63) is 16.1 Å². The van der Waals surface area contributed by atoms with E-state index < -0.39 is 0 Å². The van der Waals surface area contributed by atoms with E-state index in [4.69, 9.17) is 0 Å². The van der Waals surface area contributed by atoms with Crippen LogP contribution in [0.15, 0.2) is 5.38 Å². The van der Waals surface area contributed by atoms with Gasteiger partial charge in [0, 0.05) is 24.5 Å². The van der Waals surface area contributed by atoms with E-state index >= 15 is 0 Å². The van der Waals surface area contributed by atoms with Crippen LogP contribution in [0.1, 0.15) is 50.7 Å². The minimum atomic E-state index is 0.522. The number of nitrogens with zero attached hydrogens (tertiary/aromatic N) is 2. The summed E-state index contributed by atoms with van der Waals surface area (Å²) in [7, 11) is 2.18. The van der Waals surface area contributed by atoms with Crippen LogP contribution >= 0.6 is 11.3 Å². The van der Waals surface area contributed by atoms with Crippen molar-refractivity contribution >= 4 is 11.3 Å². The molecule has 0 aliphatic rings. The second-order valence-electron chi connectivity index (χ2n) is 5.21. The summed E-state index contributed by atoms with van der Waals surface area (Å²) in [6.07, 6.45) is 3.90. The van der Waals surface area contributed by atoms with Gasteiger partial charge < -0.3 is 10.2 Å². The molecule has 0 saturated carbocycles. The molecule has 1 N–H and O–H groups in total. The maximum atomic E-state index is 4.66. The topological polar surface area (TPSA) is 28.2 Å². The van der Waals surface area contributed by atoms with Gasteiger partial charge in [-0.3, -0.25) is 0 Å². The highest BCUT2D eigenvalue weighted by atomic mass is 32.1. The van der Waals surface area contributed by atoms with Gasteiger partial charge in [-0.1, -0.05) is 33.6 Å². The van der Waals surface area contributed by atoms with Crippen LogP contribution < -0.4 is 5.32 Å². The lowest BCUT2D eigenvalue weighted by atomic mass is 10.2. The molecule has 0 unspecified atom stereocenters. The van der Waals surface area contributed by atoms with E-state index in [1.54, 1.807) is 11.3 Å². The Labute approximate surface area is 116 Å². The van der Waals surface area contributed by atoms with Crippen molar-refractivity contribution in [2.45, 2.75) is 59.2 Å². The number of aromatic nitrogens is 1. The van der Waals surface area contributed by atoms with Gasteiger partial charge in [0.1, 0.15) is 5.01 Å². The van der Waals surface area contributed by atoms with Crippen LogP contribution in [-0.2, 0) is 13.1 Å². The van der Waals surface area contributed by atoms with E-state index in [9.17, 15) is 0 Å². The first-order valence-corrected chi connectivity index (χ1v) is 7.85. The lowest BCUT2D eigenvalue weighted by Gasteiger charge is -2.14. The van der Waals surface area contributed by atoms with Crippen molar-refractivity contribution in [3.8, 4) is 0 Å². The number of hydrogen-bond acceptors (Lipinski definition) is 4. The Kier molecular flexibility index (Phi) is 7.47. The van der Waals surface area contributed by atoms with Crippen molar-refractivity contribution in [3.63, 3.8) is 0 Å². The van der Waals surface area contributed by atoms with E-state index in [2.05, 4.69) is 48.4 Å². The van der Waals surface area contributed by atoms with Crippen molar-refractivity contribution in [2.24, 2.45) is 0 Å². The van der Waals surface area contributed by atoms with E-state index in [-0.39, 0.29) is 0 Å². The Hall–Kier alpha value is -0.450. The average molecular weight is 269 g/mol. The SMILES string of the molecule is CCCCCN(C)Cc1csc(CNC(C)C)n1. The van der Waals surface area contributed by atoms with Crippen LogP contribution in [0, 0.1) is 0 Å². The monoisotopic (exact) mass is 269 g/mol. The molecular formula is C14H27N3S. The molecule has 0 aliphatic carbocycles. The minimum absolute atomic E-state index is 0.522. The second-order valence-corrected chi connectivity index (χ2v) is 6.16. The largest absolute Gasteiger partial charge is 0.308 e. The van der Waals surface area contributed by atoms with Crippen molar-refractivity contribution in [1.82, 2.24) is 15.2 Å². The van der Waals surface area contributed by atoms with Gasteiger partial charge in [-0.2, -0.15) is 0 Å². The van der Waals surface area contributed by atoms with Gasteiger partial charge in [-0.25, -0.2) is 4.98 Å². The standard InChI is InChI=1S/C14H27N3S/c1-5-6-7-8-17(4)10-13-11-18-14(16-13)9-15-12(2)3/h11-12,15H,5-10H2,1-4H3. The molecule has 0 aromatic carbocycles. The van der Waals surface area contributed by atoms with Crippen LogP contribution in [0.25, 0.3) is 0 Å². The minimum Gasteiger partial charge on any atom is -0.308 e. The Balaban J connectivity index is 2.29. The molecule has 18 heavy (non-hydrogen) atoms. The zero-order chi connectivity index (χ0) is 13.4. The van der Waals surface area contributed by atoms with E-state index in [0.717, 1.165) is 13.1 Å². The number of hydrogen-bond donors (Lipinski definition) is 1. The first-order valence-electron chi connectivity index (χ1n) is 6.97. The molecule has 1 aromatic heterocycles. The number of unbranched alkanes of at least 4 members (excludes halogenated alkanes) is 2. The third kappa shape index (κ3) is 6.47. The first-order chi connectivity index (χ1) is 8.61.